The number of carbonyl (C=O) groups excluding carboxylic acids is 1. The van der Waals surface area contributed by atoms with Gasteiger partial charge in [-0.15, -0.1) is 0 Å². The third kappa shape index (κ3) is 3.70. The summed E-state index contributed by atoms with van der Waals surface area (Å²) < 4.78 is 0. The van der Waals surface area contributed by atoms with Crippen molar-refractivity contribution in [2.45, 2.75) is 39.0 Å². The molecule has 0 aromatic heterocycles. The lowest BCUT2D eigenvalue weighted by Gasteiger charge is -2.26. The molecule has 0 aromatic carbocycles. The second-order valence-electron chi connectivity index (χ2n) is 4.88. The van der Waals surface area contributed by atoms with E-state index in [0.29, 0.717) is 25.9 Å². The lowest BCUT2D eigenvalue weighted by atomic mass is 9.94. The van der Waals surface area contributed by atoms with Crippen LogP contribution in [0.4, 0.5) is 0 Å². The molecular formula is C13H23NO4. The van der Waals surface area contributed by atoms with Gasteiger partial charge in [-0.2, -0.15) is 0 Å². The zero-order valence-corrected chi connectivity index (χ0v) is 11.0. The number of amides is 1. The Hall–Kier alpha value is -1.10. The highest BCUT2D eigenvalue weighted by molar-refractivity contribution is 5.85. The minimum Gasteiger partial charge on any atom is -0.481 e. The molecule has 0 aromatic rings. The van der Waals surface area contributed by atoms with Crippen LogP contribution in [0.15, 0.2) is 0 Å². The largest absolute Gasteiger partial charge is 0.481 e. The second-order valence-corrected chi connectivity index (χ2v) is 4.88. The van der Waals surface area contributed by atoms with Crippen LogP contribution in [0.3, 0.4) is 0 Å². The molecule has 0 aliphatic heterocycles. The van der Waals surface area contributed by atoms with Crippen molar-refractivity contribution in [1.29, 1.82) is 0 Å². The Balaban J connectivity index is 2.65. The highest BCUT2D eigenvalue weighted by Gasteiger charge is 2.39. The van der Waals surface area contributed by atoms with Gasteiger partial charge in [-0.1, -0.05) is 19.8 Å². The van der Waals surface area contributed by atoms with Crippen molar-refractivity contribution in [3.63, 3.8) is 0 Å². The molecule has 18 heavy (non-hydrogen) atoms. The fraction of sp³-hybridized carbons (Fsp3) is 0.846. The first kappa shape index (κ1) is 15.0. The van der Waals surface area contributed by atoms with E-state index in [4.69, 9.17) is 10.2 Å². The van der Waals surface area contributed by atoms with Gasteiger partial charge in [0.2, 0.25) is 5.91 Å². The molecule has 1 amide bonds. The van der Waals surface area contributed by atoms with Crippen LogP contribution in [0.5, 0.6) is 0 Å². The molecule has 1 fully saturated rings. The van der Waals surface area contributed by atoms with Gasteiger partial charge in [-0.05, 0) is 19.3 Å². The van der Waals surface area contributed by atoms with E-state index in [1.807, 2.05) is 6.92 Å². The molecule has 0 spiro atoms. The van der Waals surface area contributed by atoms with E-state index < -0.39 is 17.8 Å². The standard InChI is InChI=1S/C13H23NO4/c1-2-3-7-14(8-9-15)12(16)10-5-4-6-11(10)13(17)18/h10-11,15H,2-9H2,1H3,(H,17,18)/t10-,11+/m1/s1. The van der Waals surface area contributed by atoms with Gasteiger partial charge in [0, 0.05) is 13.1 Å². The van der Waals surface area contributed by atoms with Crippen molar-refractivity contribution in [2.24, 2.45) is 11.8 Å². The van der Waals surface area contributed by atoms with Gasteiger partial charge < -0.3 is 15.1 Å². The second kappa shape index (κ2) is 7.36. The van der Waals surface area contributed by atoms with E-state index in [2.05, 4.69) is 0 Å². The van der Waals surface area contributed by atoms with Crippen molar-refractivity contribution in [2.75, 3.05) is 19.7 Å². The summed E-state index contributed by atoms with van der Waals surface area (Å²) in [5, 5.41) is 18.1. The molecule has 5 nitrogen and oxygen atoms in total. The molecule has 0 unspecified atom stereocenters. The molecular weight excluding hydrogens is 234 g/mol. The minimum absolute atomic E-state index is 0.0695. The number of hydrogen-bond donors (Lipinski definition) is 2. The maximum atomic E-state index is 12.3. The van der Waals surface area contributed by atoms with Crippen LogP contribution in [0.2, 0.25) is 0 Å². The molecule has 1 rings (SSSR count). The number of aliphatic hydroxyl groups excluding tert-OH is 1. The van der Waals surface area contributed by atoms with Gasteiger partial charge in [0.15, 0.2) is 0 Å². The summed E-state index contributed by atoms with van der Waals surface area (Å²) in [4.78, 5) is 25.0. The average Bonchev–Trinajstić information content (AvgIpc) is 2.82. The van der Waals surface area contributed by atoms with Gasteiger partial charge >= 0.3 is 5.97 Å². The first-order valence-electron chi connectivity index (χ1n) is 6.74. The summed E-state index contributed by atoms with van der Waals surface area (Å²) >= 11 is 0. The molecule has 1 saturated carbocycles. The first-order chi connectivity index (χ1) is 8.61. The van der Waals surface area contributed by atoms with E-state index in [9.17, 15) is 9.59 Å². The Kier molecular flexibility index (Phi) is 6.12. The molecule has 0 radical (unpaired) electrons. The molecule has 5 heteroatoms. The van der Waals surface area contributed by atoms with E-state index in [-0.39, 0.29) is 12.5 Å². The molecule has 0 saturated heterocycles. The number of nitrogens with zero attached hydrogens (tertiary/aromatic N) is 1. The number of carbonyl (C=O) groups is 2. The van der Waals surface area contributed by atoms with Crippen LogP contribution in [0, 0.1) is 11.8 Å². The average molecular weight is 257 g/mol. The monoisotopic (exact) mass is 257 g/mol. The Morgan fingerprint density at radius 3 is 2.44 bits per heavy atom. The molecule has 1 aliphatic carbocycles. The molecule has 2 atom stereocenters. The number of rotatable bonds is 7. The predicted octanol–water partition coefficient (Wildman–Crippen LogP) is 1.11. The normalized spacial score (nSPS) is 23.0. The van der Waals surface area contributed by atoms with E-state index in [1.165, 1.54) is 0 Å². The Bertz CT molecular complexity index is 293. The summed E-state index contributed by atoms with van der Waals surface area (Å²) in [6.45, 7) is 2.89. The van der Waals surface area contributed by atoms with E-state index >= 15 is 0 Å². The minimum atomic E-state index is -0.870. The third-order valence-electron chi connectivity index (χ3n) is 3.61. The van der Waals surface area contributed by atoms with Crippen molar-refractivity contribution < 1.29 is 19.8 Å². The van der Waals surface area contributed by atoms with Crippen molar-refractivity contribution >= 4 is 11.9 Å². The lowest BCUT2D eigenvalue weighted by molar-refractivity contribution is -0.149. The molecule has 2 N–H and O–H groups in total. The molecule has 104 valence electrons. The summed E-state index contributed by atoms with van der Waals surface area (Å²) in [7, 11) is 0. The van der Waals surface area contributed by atoms with Crippen LogP contribution in [0.25, 0.3) is 0 Å². The summed E-state index contributed by atoms with van der Waals surface area (Å²) in [6, 6.07) is 0. The van der Waals surface area contributed by atoms with Crippen LogP contribution in [-0.2, 0) is 9.59 Å². The smallest absolute Gasteiger partial charge is 0.307 e. The van der Waals surface area contributed by atoms with Gasteiger partial charge in [0.05, 0.1) is 18.4 Å². The lowest BCUT2D eigenvalue weighted by Crippen LogP contribution is -2.41. The Morgan fingerprint density at radius 2 is 1.89 bits per heavy atom. The van der Waals surface area contributed by atoms with Crippen LogP contribution in [0.1, 0.15) is 39.0 Å². The molecule has 0 bridgehead atoms. The number of unbranched alkanes of at least 4 members (excludes halogenated alkanes) is 1. The number of aliphatic carboxylic acids is 1. The highest BCUT2D eigenvalue weighted by Crippen LogP contribution is 2.33. The Labute approximate surface area is 108 Å². The van der Waals surface area contributed by atoms with Gasteiger partial charge in [0.1, 0.15) is 0 Å². The predicted molar refractivity (Wildman–Crippen MR) is 67.0 cm³/mol. The zero-order chi connectivity index (χ0) is 13.5. The van der Waals surface area contributed by atoms with Crippen molar-refractivity contribution in [1.82, 2.24) is 4.90 Å². The molecule has 1 aliphatic rings. The summed E-state index contributed by atoms with van der Waals surface area (Å²) in [5.74, 6) is -1.90. The maximum absolute atomic E-state index is 12.3. The first-order valence-corrected chi connectivity index (χ1v) is 6.74. The maximum Gasteiger partial charge on any atom is 0.307 e. The van der Waals surface area contributed by atoms with Crippen LogP contribution < -0.4 is 0 Å². The number of carboxylic acid groups (broad SMARTS) is 1. The summed E-state index contributed by atoms with van der Waals surface area (Å²) in [5.41, 5.74) is 0. The van der Waals surface area contributed by atoms with Crippen molar-refractivity contribution in [3.8, 4) is 0 Å². The quantitative estimate of drug-likeness (QED) is 0.716. The third-order valence-corrected chi connectivity index (χ3v) is 3.61. The highest BCUT2D eigenvalue weighted by atomic mass is 16.4. The fourth-order valence-electron chi connectivity index (χ4n) is 2.59. The van der Waals surface area contributed by atoms with E-state index in [1.54, 1.807) is 4.90 Å². The number of aliphatic hydroxyl groups is 1. The zero-order valence-electron chi connectivity index (χ0n) is 11.0. The number of hydrogen-bond acceptors (Lipinski definition) is 3. The van der Waals surface area contributed by atoms with Gasteiger partial charge in [0.25, 0.3) is 0 Å². The van der Waals surface area contributed by atoms with Gasteiger partial charge in [-0.3, -0.25) is 9.59 Å². The van der Waals surface area contributed by atoms with Crippen LogP contribution >= 0.6 is 0 Å². The fourth-order valence-corrected chi connectivity index (χ4v) is 2.59. The van der Waals surface area contributed by atoms with Gasteiger partial charge in [-0.25, -0.2) is 0 Å². The summed E-state index contributed by atoms with van der Waals surface area (Å²) in [6.07, 6.45) is 3.91. The van der Waals surface area contributed by atoms with E-state index in [0.717, 1.165) is 19.3 Å². The molecule has 0 heterocycles. The van der Waals surface area contributed by atoms with Crippen LogP contribution in [-0.4, -0.2) is 46.7 Å². The Morgan fingerprint density at radius 1 is 1.22 bits per heavy atom. The van der Waals surface area contributed by atoms with Crippen molar-refractivity contribution in [3.05, 3.63) is 0 Å². The SMILES string of the molecule is CCCCN(CCO)C(=O)[C@@H]1CCC[C@@H]1C(=O)O. The topological polar surface area (TPSA) is 77.8 Å². The number of carboxylic acids is 1.